The van der Waals surface area contributed by atoms with Gasteiger partial charge >= 0.3 is 12.2 Å². The molecule has 0 saturated carbocycles. The molecule has 36 heavy (non-hydrogen) atoms. The lowest BCUT2D eigenvalue weighted by Crippen LogP contribution is -2.54. The standard InChI is InChI=1S/C25H26F4N6O/c1-16-5-3-7-19(26)23(16)33-11-8-17(9-12-33)34-14-21-22(15-32(2)31-21)35(24(34)36)13-20-18(25(27,28)29)6-4-10-30-20/h3-7,10,15,17H,8-9,11-14H2,1-2H3. The van der Waals surface area contributed by atoms with Crippen LogP contribution >= 0.6 is 0 Å². The van der Waals surface area contributed by atoms with Crippen molar-refractivity contribution in [2.75, 3.05) is 22.9 Å². The van der Waals surface area contributed by atoms with E-state index in [-0.39, 0.29) is 36.7 Å². The second-order valence-electron chi connectivity index (χ2n) is 9.25. The minimum Gasteiger partial charge on any atom is -0.369 e. The van der Waals surface area contributed by atoms with Crippen molar-refractivity contribution in [1.82, 2.24) is 19.7 Å². The molecule has 2 aliphatic heterocycles. The summed E-state index contributed by atoms with van der Waals surface area (Å²) in [5.41, 5.74) is 1.44. The Morgan fingerprint density at radius 2 is 1.86 bits per heavy atom. The van der Waals surface area contributed by atoms with Gasteiger partial charge in [0.05, 0.1) is 35.7 Å². The molecule has 2 amide bonds. The van der Waals surface area contributed by atoms with Gasteiger partial charge in [-0.2, -0.15) is 18.3 Å². The monoisotopic (exact) mass is 502 g/mol. The van der Waals surface area contributed by atoms with Gasteiger partial charge in [-0.05, 0) is 43.5 Å². The summed E-state index contributed by atoms with van der Waals surface area (Å²) >= 11 is 0. The van der Waals surface area contributed by atoms with Gasteiger partial charge in [0.25, 0.3) is 0 Å². The van der Waals surface area contributed by atoms with E-state index in [2.05, 4.69) is 10.1 Å². The van der Waals surface area contributed by atoms with Gasteiger partial charge in [-0.15, -0.1) is 0 Å². The number of nitrogens with zero attached hydrogens (tertiary/aromatic N) is 6. The predicted octanol–water partition coefficient (Wildman–Crippen LogP) is 4.89. The van der Waals surface area contributed by atoms with Crippen LogP contribution in [-0.4, -0.2) is 44.8 Å². The van der Waals surface area contributed by atoms with Crippen LogP contribution in [0.2, 0.25) is 0 Å². The maximum atomic E-state index is 14.5. The molecule has 11 heteroatoms. The molecule has 4 heterocycles. The number of aromatic nitrogens is 3. The van der Waals surface area contributed by atoms with Crippen molar-refractivity contribution in [3.8, 4) is 0 Å². The number of halogens is 4. The highest BCUT2D eigenvalue weighted by Gasteiger charge is 2.40. The van der Waals surface area contributed by atoms with Gasteiger partial charge in [-0.25, -0.2) is 9.18 Å². The van der Waals surface area contributed by atoms with Gasteiger partial charge in [0.15, 0.2) is 0 Å². The third kappa shape index (κ3) is 4.38. The van der Waals surface area contributed by atoms with Crippen LogP contribution in [0.15, 0.2) is 42.7 Å². The minimum absolute atomic E-state index is 0.149. The third-order valence-electron chi connectivity index (χ3n) is 6.88. The zero-order chi connectivity index (χ0) is 25.6. The molecule has 0 radical (unpaired) electrons. The smallest absolute Gasteiger partial charge is 0.369 e. The van der Waals surface area contributed by atoms with Crippen LogP contribution in [0.25, 0.3) is 0 Å². The molecular weight excluding hydrogens is 476 g/mol. The molecule has 2 aliphatic rings. The van der Waals surface area contributed by atoms with E-state index >= 15 is 0 Å². The second kappa shape index (κ2) is 9.11. The van der Waals surface area contributed by atoms with Crippen molar-refractivity contribution >= 4 is 17.4 Å². The maximum Gasteiger partial charge on any atom is 0.418 e. The van der Waals surface area contributed by atoms with Crippen molar-refractivity contribution in [1.29, 1.82) is 0 Å². The first-order chi connectivity index (χ1) is 17.1. The molecule has 190 valence electrons. The highest BCUT2D eigenvalue weighted by atomic mass is 19.4. The Bertz CT molecular complexity index is 1260. The lowest BCUT2D eigenvalue weighted by Gasteiger charge is -2.43. The summed E-state index contributed by atoms with van der Waals surface area (Å²) in [6, 6.07) is 6.66. The van der Waals surface area contributed by atoms with E-state index in [0.717, 1.165) is 11.6 Å². The van der Waals surface area contributed by atoms with E-state index in [1.807, 2.05) is 17.9 Å². The Labute approximate surface area is 205 Å². The predicted molar refractivity (Wildman–Crippen MR) is 126 cm³/mol. The molecule has 0 spiro atoms. The zero-order valence-corrected chi connectivity index (χ0v) is 20.0. The second-order valence-corrected chi connectivity index (χ2v) is 9.25. The number of piperidine rings is 1. The average molecular weight is 503 g/mol. The number of anilines is 2. The lowest BCUT2D eigenvalue weighted by molar-refractivity contribution is -0.138. The van der Waals surface area contributed by atoms with Crippen molar-refractivity contribution in [3.05, 3.63) is 71.1 Å². The van der Waals surface area contributed by atoms with Gasteiger partial charge in [-0.3, -0.25) is 14.6 Å². The fourth-order valence-corrected chi connectivity index (χ4v) is 5.18. The number of hydrogen-bond acceptors (Lipinski definition) is 4. The number of carbonyl (C=O) groups is 1. The number of amides is 2. The van der Waals surface area contributed by atoms with Crippen molar-refractivity contribution in [3.63, 3.8) is 0 Å². The van der Waals surface area contributed by atoms with Gasteiger partial charge in [-0.1, -0.05) is 12.1 Å². The van der Waals surface area contributed by atoms with Crippen LogP contribution in [0.5, 0.6) is 0 Å². The Balaban J connectivity index is 1.39. The summed E-state index contributed by atoms with van der Waals surface area (Å²) in [6.45, 7) is 2.93. The van der Waals surface area contributed by atoms with Crippen molar-refractivity contribution in [2.24, 2.45) is 7.05 Å². The van der Waals surface area contributed by atoms with E-state index < -0.39 is 11.7 Å². The molecule has 0 atom stereocenters. The first-order valence-electron chi connectivity index (χ1n) is 11.8. The summed E-state index contributed by atoms with van der Waals surface area (Å²) in [7, 11) is 1.71. The van der Waals surface area contributed by atoms with Gasteiger partial charge < -0.3 is 9.80 Å². The van der Waals surface area contributed by atoms with Crippen LogP contribution in [0.4, 0.5) is 33.7 Å². The SMILES string of the molecule is Cc1cccc(F)c1N1CCC(N2Cc3nn(C)cc3N(Cc3ncccc3C(F)(F)F)C2=O)CC1. The molecule has 1 aromatic carbocycles. The maximum absolute atomic E-state index is 14.5. The normalized spacial score (nSPS) is 17.1. The van der Waals surface area contributed by atoms with Crippen molar-refractivity contribution in [2.45, 2.75) is 45.1 Å². The molecule has 0 N–H and O–H groups in total. The fraction of sp³-hybridized carbons (Fsp3) is 0.400. The lowest BCUT2D eigenvalue weighted by atomic mass is 10.00. The quantitative estimate of drug-likeness (QED) is 0.477. The Morgan fingerprint density at radius 1 is 1.11 bits per heavy atom. The molecule has 7 nitrogen and oxygen atoms in total. The van der Waals surface area contributed by atoms with E-state index in [1.54, 1.807) is 28.9 Å². The zero-order valence-electron chi connectivity index (χ0n) is 20.0. The topological polar surface area (TPSA) is 57.5 Å². The molecule has 2 aromatic heterocycles. The van der Waals surface area contributed by atoms with Gasteiger partial charge in [0, 0.05) is 38.6 Å². The molecular formula is C25H26F4N6O. The summed E-state index contributed by atoms with van der Waals surface area (Å²) < 4.78 is 56.8. The Kier molecular flexibility index (Phi) is 6.09. The van der Waals surface area contributed by atoms with Crippen LogP contribution in [0.3, 0.4) is 0 Å². The minimum atomic E-state index is -4.59. The van der Waals surface area contributed by atoms with Gasteiger partial charge in [0.1, 0.15) is 11.5 Å². The Morgan fingerprint density at radius 3 is 2.56 bits per heavy atom. The van der Waals surface area contributed by atoms with E-state index in [4.69, 9.17) is 0 Å². The Hall–Kier alpha value is -3.63. The molecule has 0 bridgehead atoms. The number of fused-ring (bicyclic) bond motifs is 1. The van der Waals surface area contributed by atoms with Crippen LogP contribution in [-0.2, 0) is 26.3 Å². The van der Waals surface area contributed by atoms with Crippen LogP contribution in [0, 0.1) is 12.7 Å². The highest BCUT2D eigenvalue weighted by Crippen LogP contribution is 2.36. The largest absolute Gasteiger partial charge is 0.418 e. The number of pyridine rings is 1. The number of urea groups is 1. The summed E-state index contributed by atoms with van der Waals surface area (Å²) in [6.07, 6.45) is -0.441. The fourth-order valence-electron chi connectivity index (χ4n) is 5.18. The summed E-state index contributed by atoms with van der Waals surface area (Å²) in [4.78, 5) is 22.6. The first-order valence-corrected chi connectivity index (χ1v) is 11.8. The van der Waals surface area contributed by atoms with Crippen LogP contribution < -0.4 is 9.80 Å². The molecule has 1 fully saturated rings. The number of aryl methyl sites for hydroxylation is 2. The average Bonchev–Trinajstić information content (AvgIpc) is 3.21. The molecule has 0 aliphatic carbocycles. The summed E-state index contributed by atoms with van der Waals surface area (Å²) in [5.74, 6) is -0.275. The highest BCUT2D eigenvalue weighted by molar-refractivity contribution is 5.94. The molecule has 3 aromatic rings. The van der Waals surface area contributed by atoms with Crippen molar-refractivity contribution < 1.29 is 22.4 Å². The van der Waals surface area contributed by atoms with E-state index in [1.165, 1.54) is 23.2 Å². The third-order valence-corrected chi connectivity index (χ3v) is 6.88. The molecule has 1 saturated heterocycles. The molecule has 5 rings (SSSR count). The number of para-hydroxylation sites is 1. The first kappa shape index (κ1) is 24.1. The summed E-state index contributed by atoms with van der Waals surface area (Å²) in [5, 5.41) is 4.46. The van der Waals surface area contributed by atoms with E-state index in [0.29, 0.717) is 43.0 Å². The number of carbonyl (C=O) groups excluding carboxylic acids is 1. The number of alkyl halides is 3. The number of hydrogen-bond donors (Lipinski definition) is 0. The van der Waals surface area contributed by atoms with Gasteiger partial charge in [0.2, 0.25) is 0 Å². The molecule has 0 unspecified atom stereocenters. The van der Waals surface area contributed by atoms with Crippen LogP contribution in [0.1, 0.15) is 35.4 Å². The van der Waals surface area contributed by atoms with E-state index in [9.17, 15) is 22.4 Å². The number of rotatable bonds is 4. The number of benzene rings is 1.